The van der Waals surface area contributed by atoms with Crippen molar-refractivity contribution in [3.05, 3.63) is 59.3 Å². The Bertz CT molecular complexity index is 1020. The zero-order chi connectivity index (χ0) is 16.6. The topological polar surface area (TPSA) is 68.5 Å². The van der Waals surface area contributed by atoms with Gasteiger partial charge in [0, 0.05) is 11.4 Å². The Kier molecular flexibility index (Phi) is 3.45. The molecule has 5 rings (SSSR count). The number of aromatic nitrogens is 5. The fourth-order valence-electron chi connectivity index (χ4n) is 3.36. The minimum atomic E-state index is 0.731. The molecule has 0 fully saturated rings. The third-order valence-corrected chi connectivity index (χ3v) is 5.78. The summed E-state index contributed by atoms with van der Waals surface area (Å²) in [6.45, 7) is 0.731. The molecule has 25 heavy (non-hydrogen) atoms. The van der Waals surface area contributed by atoms with E-state index in [0.717, 1.165) is 29.3 Å². The molecule has 1 aromatic carbocycles. The van der Waals surface area contributed by atoms with Crippen molar-refractivity contribution in [2.24, 2.45) is 0 Å². The summed E-state index contributed by atoms with van der Waals surface area (Å²) >= 11 is 1.82. The zero-order valence-electron chi connectivity index (χ0n) is 13.5. The third-order valence-electron chi connectivity index (χ3n) is 4.58. The Morgan fingerprint density at radius 3 is 2.84 bits per heavy atom. The van der Waals surface area contributed by atoms with Crippen LogP contribution in [0.2, 0.25) is 0 Å². The molecule has 1 aliphatic carbocycles. The van der Waals surface area contributed by atoms with Gasteiger partial charge in [0.15, 0.2) is 0 Å². The van der Waals surface area contributed by atoms with E-state index in [9.17, 15) is 0 Å². The van der Waals surface area contributed by atoms with Gasteiger partial charge in [-0.2, -0.15) is 5.10 Å². The Morgan fingerprint density at radius 1 is 1.08 bits per heavy atom. The fourth-order valence-corrected chi connectivity index (χ4v) is 4.59. The second kappa shape index (κ2) is 5.93. The number of benzene rings is 1. The van der Waals surface area contributed by atoms with Crippen LogP contribution >= 0.6 is 11.3 Å². The molecule has 3 heterocycles. The minimum absolute atomic E-state index is 0.731. The fraction of sp³-hybridized carbons (Fsp3) is 0.222. The maximum atomic E-state index is 4.49. The summed E-state index contributed by atoms with van der Waals surface area (Å²) in [7, 11) is 0. The highest BCUT2D eigenvalue weighted by molar-refractivity contribution is 7.19. The first-order valence-corrected chi connectivity index (χ1v) is 9.13. The molecule has 1 N–H and O–H groups in total. The van der Waals surface area contributed by atoms with Gasteiger partial charge in [-0.3, -0.25) is 0 Å². The molecule has 4 aromatic rings. The number of nitrogens with one attached hydrogen (secondary N) is 1. The summed E-state index contributed by atoms with van der Waals surface area (Å²) in [6, 6.07) is 8.29. The Balaban J connectivity index is 1.39. The SMILES string of the molecule is c1nc(NCc2ccc(-n3cncn3)cc2)c2c3c(sc2n1)CCC3. The molecule has 0 saturated heterocycles. The first-order chi connectivity index (χ1) is 12.4. The molecular formula is C18H16N6S. The summed E-state index contributed by atoms with van der Waals surface area (Å²) in [6.07, 6.45) is 8.46. The number of nitrogens with zero attached hydrogens (tertiary/aromatic N) is 5. The van der Waals surface area contributed by atoms with Crippen molar-refractivity contribution >= 4 is 27.4 Å². The lowest BCUT2D eigenvalue weighted by Gasteiger charge is -2.08. The predicted molar refractivity (Wildman–Crippen MR) is 98.1 cm³/mol. The second-order valence-corrected chi connectivity index (χ2v) is 7.20. The highest BCUT2D eigenvalue weighted by Gasteiger charge is 2.20. The Labute approximate surface area is 148 Å². The van der Waals surface area contributed by atoms with Gasteiger partial charge in [0.05, 0.1) is 11.1 Å². The third kappa shape index (κ3) is 2.56. The van der Waals surface area contributed by atoms with Gasteiger partial charge in [-0.25, -0.2) is 19.6 Å². The summed E-state index contributed by atoms with van der Waals surface area (Å²) in [5.74, 6) is 0.949. The van der Waals surface area contributed by atoms with Crippen LogP contribution in [-0.2, 0) is 19.4 Å². The lowest BCUT2D eigenvalue weighted by molar-refractivity contribution is 0.877. The largest absolute Gasteiger partial charge is 0.365 e. The van der Waals surface area contributed by atoms with Crippen molar-refractivity contribution in [2.45, 2.75) is 25.8 Å². The van der Waals surface area contributed by atoms with E-state index in [1.807, 2.05) is 23.5 Å². The molecular weight excluding hydrogens is 332 g/mol. The number of rotatable bonds is 4. The van der Waals surface area contributed by atoms with Crippen molar-refractivity contribution in [1.82, 2.24) is 24.7 Å². The van der Waals surface area contributed by atoms with Gasteiger partial charge in [0.1, 0.15) is 29.6 Å². The number of fused-ring (bicyclic) bond motifs is 3. The molecule has 124 valence electrons. The number of anilines is 1. The average Bonchev–Trinajstić information content (AvgIpc) is 3.37. The molecule has 0 aliphatic heterocycles. The predicted octanol–water partition coefficient (Wildman–Crippen LogP) is 3.37. The molecule has 0 amide bonds. The van der Waals surface area contributed by atoms with E-state index in [0.29, 0.717) is 0 Å². The van der Waals surface area contributed by atoms with E-state index < -0.39 is 0 Å². The zero-order valence-corrected chi connectivity index (χ0v) is 14.3. The van der Waals surface area contributed by atoms with E-state index in [1.165, 1.54) is 40.6 Å². The first kappa shape index (κ1) is 14.5. The number of hydrogen-bond acceptors (Lipinski definition) is 6. The first-order valence-electron chi connectivity index (χ1n) is 8.31. The summed E-state index contributed by atoms with van der Waals surface area (Å²) < 4.78 is 1.75. The smallest absolute Gasteiger partial charge is 0.138 e. The van der Waals surface area contributed by atoms with Crippen molar-refractivity contribution in [2.75, 3.05) is 5.32 Å². The van der Waals surface area contributed by atoms with E-state index in [4.69, 9.17) is 0 Å². The lowest BCUT2D eigenvalue weighted by Crippen LogP contribution is -2.03. The number of thiophene rings is 1. The molecule has 0 saturated carbocycles. The molecule has 3 aromatic heterocycles. The van der Waals surface area contributed by atoms with Crippen LogP contribution in [-0.4, -0.2) is 24.7 Å². The van der Waals surface area contributed by atoms with E-state index in [1.54, 1.807) is 17.3 Å². The molecule has 0 atom stereocenters. The molecule has 1 aliphatic rings. The van der Waals surface area contributed by atoms with Crippen LogP contribution < -0.4 is 5.32 Å². The molecule has 6 nitrogen and oxygen atoms in total. The summed E-state index contributed by atoms with van der Waals surface area (Å²) in [4.78, 5) is 15.5. The van der Waals surface area contributed by atoms with E-state index >= 15 is 0 Å². The van der Waals surface area contributed by atoms with Crippen LogP contribution in [0, 0.1) is 0 Å². The van der Waals surface area contributed by atoms with Gasteiger partial charge in [0.25, 0.3) is 0 Å². The van der Waals surface area contributed by atoms with Crippen molar-refractivity contribution in [3.63, 3.8) is 0 Å². The van der Waals surface area contributed by atoms with Gasteiger partial charge >= 0.3 is 0 Å². The van der Waals surface area contributed by atoms with Gasteiger partial charge in [-0.1, -0.05) is 12.1 Å². The lowest BCUT2D eigenvalue weighted by atomic mass is 10.1. The summed E-state index contributed by atoms with van der Waals surface area (Å²) in [5.41, 5.74) is 3.65. The quantitative estimate of drug-likeness (QED) is 0.612. The minimum Gasteiger partial charge on any atom is -0.365 e. The van der Waals surface area contributed by atoms with Crippen LogP contribution in [0.5, 0.6) is 0 Å². The average molecular weight is 348 g/mol. The Morgan fingerprint density at radius 2 is 2.00 bits per heavy atom. The van der Waals surface area contributed by atoms with Crippen LogP contribution in [0.4, 0.5) is 5.82 Å². The number of hydrogen-bond donors (Lipinski definition) is 1. The van der Waals surface area contributed by atoms with Gasteiger partial charge < -0.3 is 5.32 Å². The normalized spacial score (nSPS) is 13.3. The monoisotopic (exact) mass is 348 g/mol. The standard InChI is InChI=1S/C18H16N6S/c1-2-14-15(3-1)25-18-16(14)17(21-10-22-18)20-8-12-4-6-13(7-5-12)24-11-19-9-23-24/h4-7,9-11H,1-3,8H2,(H,20,21,22). The van der Waals surface area contributed by atoms with Crippen LogP contribution in [0.1, 0.15) is 22.4 Å². The number of aryl methyl sites for hydroxylation is 2. The van der Waals surface area contributed by atoms with Gasteiger partial charge in [0.2, 0.25) is 0 Å². The van der Waals surface area contributed by atoms with Crippen molar-refractivity contribution < 1.29 is 0 Å². The van der Waals surface area contributed by atoms with Crippen LogP contribution in [0.3, 0.4) is 0 Å². The van der Waals surface area contributed by atoms with E-state index in [2.05, 4.69) is 37.5 Å². The maximum Gasteiger partial charge on any atom is 0.138 e. The second-order valence-electron chi connectivity index (χ2n) is 6.12. The highest BCUT2D eigenvalue weighted by atomic mass is 32.1. The molecule has 0 bridgehead atoms. The Hall–Kier alpha value is -2.80. The van der Waals surface area contributed by atoms with Crippen LogP contribution in [0.25, 0.3) is 15.9 Å². The van der Waals surface area contributed by atoms with Gasteiger partial charge in [-0.15, -0.1) is 11.3 Å². The molecule has 0 unspecified atom stereocenters. The van der Waals surface area contributed by atoms with Gasteiger partial charge in [-0.05, 0) is 42.5 Å². The van der Waals surface area contributed by atoms with E-state index in [-0.39, 0.29) is 0 Å². The molecule has 7 heteroatoms. The summed E-state index contributed by atoms with van der Waals surface area (Å²) in [5, 5.41) is 8.86. The van der Waals surface area contributed by atoms with Crippen molar-refractivity contribution in [3.8, 4) is 5.69 Å². The molecule has 0 spiro atoms. The molecule has 0 radical (unpaired) electrons. The van der Waals surface area contributed by atoms with Crippen LogP contribution in [0.15, 0.2) is 43.2 Å². The highest BCUT2D eigenvalue weighted by Crippen LogP contribution is 2.39. The maximum absolute atomic E-state index is 4.49. The van der Waals surface area contributed by atoms with Crippen molar-refractivity contribution in [1.29, 1.82) is 0 Å².